The van der Waals surface area contributed by atoms with Crippen molar-refractivity contribution < 1.29 is 0 Å². The van der Waals surface area contributed by atoms with Crippen LogP contribution in [0.2, 0.25) is 10.0 Å². The largest absolute Gasteiger partial charge is 0.356 e. The molecule has 12 rings (SSSR count). The van der Waals surface area contributed by atoms with Gasteiger partial charge < -0.3 is 9.80 Å². The van der Waals surface area contributed by atoms with Crippen molar-refractivity contribution in [3.8, 4) is 0 Å². The molecule has 2 unspecified atom stereocenters. The fraction of sp³-hybridized carbons (Fsp3) is 0.538. The number of nitrogens with zero attached hydrogens (tertiary/aromatic N) is 12. The third-order valence-corrected chi connectivity index (χ3v) is 16.5. The van der Waals surface area contributed by atoms with Crippen LogP contribution in [0.1, 0.15) is 122 Å². The summed E-state index contributed by atoms with van der Waals surface area (Å²) in [5.41, 5.74) is 4.67. The average molecular weight is 926 g/mol. The van der Waals surface area contributed by atoms with E-state index >= 15 is 0 Å². The molecule has 2 aliphatic carbocycles. The summed E-state index contributed by atoms with van der Waals surface area (Å²) in [6, 6.07) is 20.8. The first-order chi connectivity index (χ1) is 32.3. The third-order valence-electron chi connectivity index (χ3n) is 16.0. The number of aryl methyl sites for hydroxylation is 4. The zero-order valence-electron chi connectivity index (χ0n) is 38.4. The van der Waals surface area contributed by atoms with Crippen molar-refractivity contribution in [3.05, 3.63) is 129 Å². The molecular formula is C52H62Cl2N12. The standard InChI is InChI=1S/2C26H31ClN6/c2*1-17-12-25(29-16-28-17)32-14-19-5-6-20(15-32)23(19)13-24-30-26-22(4-2-3-11-33(26)31-24)18-7-9-21(27)10-8-18/h2*7-10,12,16,19-20,22-23H,2-6,11,13-15H2,1H3/t2*19-,20+,22-,23?/m10/s1. The lowest BCUT2D eigenvalue weighted by Gasteiger charge is -2.38. The van der Waals surface area contributed by atoms with Crippen LogP contribution >= 0.6 is 23.2 Å². The minimum atomic E-state index is 0.311. The maximum absolute atomic E-state index is 6.14. The van der Waals surface area contributed by atoms with Crippen molar-refractivity contribution in [2.24, 2.45) is 35.5 Å². The van der Waals surface area contributed by atoms with Crippen molar-refractivity contribution in [2.45, 2.75) is 116 Å². The summed E-state index contributed by atoms with van der Waals surface area (Å²) in [6.45, 7) is 10.4. The van der Waals surface area contributed by atoms with Crippen molar-refractivity contribution >= 4 is 34.8 Å². The molecule has 12 nitrogen and oxygen atoms in total. The molecular weight excluding hydrogens is 864 g/mol. The number of hydrogen-bond acceptors (Lipinski definition) is 10. The molecule has 4 bridgehead atoms. The van der Waals surface area contributed by atoms with Gasteiger partial charge in [0.2, 0.25) is 0 Å². The Morgan fingerprint density at radius 1 is 0.500 bits per heavy atom. The Bertz CT molecular complexity index is 2400. The van der Waals surface area contributed by atoms with Crippen LogP contribution in [0.3, 0.4) is 0 Å². The lowest BCUT2D eigenvalue weighted by Crippen LogP contribution is -2.43. The third kappa shape index (κ3) is 9.21. The van der Waals surface area contributed by atoms with Crippen molar-refractivity contribution in [2.75, 3.05) is 36.0 Å². The Balaban J connectivity index is 0.000000146. The molecule has 0 spiro atoms. The Labute approximate surface area is 399 Å². The second kappa shape index (κ2) is 19.0. The van der Waals surface area contributed by atoms with E-state index in [4.69, 9.17) is 43.4 Å². The van der Waals surface area contributed by atoms with E-state index in [-0.39, 0.29) is 0 Å². The van der Waals surface area contributed by atoms with Gasteiger partial charge in [0.1, 0.15) is 35.9 Å². The topological polar surface area (TPSA) is 119 Å². The predicted octanol–water partition coefficient (Wildman–Crippen LogP) is 10.1. The minimum absolute atomic E-state index is 0.311. The van der Waals surface area contributed by atoms with Gasteiger partial charge in [-0.25, -0.2) is 39.3 Å². The molecule has 2 aromatic carbocycles. The number of aromatic nitrogens is 10. The van der Waals surface area contributed by atoms with Crippen molar-refractivity contribution in [1.82, 2.24) is 49.5 Å². The number of halogens is 2. The molecule has 6 aliphatic rings. The van der Waals surface area contributed by atoms with Crippen LogP contribution in [-0.2, 0) is 25.9 Å². The van der Waals surface area contributed by atoms with E-state index in [1.54, 1.807) is 12.7 Å². The summed E-state index contributed by atoms with van der Waals surface area (Å²) in [4.78, 5) is 32.9. The summed E-state index contributed by atoms with van der Waals surface area (Å²) >= 11 is 12.3. The van der Waals surface area contributed by atoms with Crippen LogP contribution in [0.4, 0.5) is 11.6 Å². The second-order valence-corrected chi connectivity index (χ2v) is 21.1. The molecule has 8 heterocycles. The fourth-order valence-electron chi connectivity index (χ4n) is 12.7. The quantitative estimate of drug-likeness (QED) is 0.146. The first-order valence-electron chi connectivity index (χ1n) is 24.7. The molecule has 8 atom stereocenters. The van der Waals surface area contributed by atoms with Crippen molar-refractivity contribution in [1.29, 1.82) is 0 Å². The average Bonchev–Trinajstić information content (AvgIpc) is 3.93. The van der Waals surface area contributed by atoms with Gasteiger partial charge in [-0.1, -0.05) is 60.3 Å². The zero-order chi connectivity index (χ0) is 44.7. The zero-order valence-corrected chi connectivity index (χ0v) is 39.9. The molecule has 66 heavy (non-hydrogen) atoms. The number of piperidine rings is 2. The predicted molar refractivity (Wildman–Crippen MR) is 259 cm³/mol. The molecule has 0 radical (unpaired) electrons. The molecule has 2 saturated carbocycles. The summed E-state index contributed by atoms with van der Waals surface area (Å²) in [5.74, 6) is 11.2. The molecule has 6 aromatic rings. The SMILES string of the molecule is Cc1cc(N2C[C@H]3CC[C@@H](C2)C3Cc2nc3n(n2)CCCC[C@@H]3c2ccc(Cl)cc2)ncn1.Cc1cc(N2C[C@H]3CC[C@@H](C2)C3Cc2nc3n(n2)CCCC[C@H]3c2ccc(Cl)cc2)ncn1. The molecule has 0 N–H and O–H groups in total. The van der Waals surface area contributed by atoms with Gasteiger partial charge in [0.15, 0.2) is 11.6 Å². The second-order valence-electron chi connectivity index (χ2n) is 20.2. The van der Waals surface area contributed by atoms with Gasteiger partial charge in [0.25, 0.3) is 0 Å². The van der Waals surface area contributed by atoms with Gasteiger partial charge in [0, 0.05) is 97.5 Å². The lowest BCUT2D eigenvalue weighted by molar-refractivity contribution is 0.264. The Morgan fingerprint density at radius 3 is 1.27 bits per heavy atom. The smallest absolute Gasteiger partial charge is 0.151 e. The summed E-state index contributed by atoms with van der Waals surface area (Å²) in [6.07, 6.45) is 17.6. The monoisotopic (exact) mass is 924 g/mol. The Morgan fingerprint density at radius 2 is 0.894 bits per heavy atom. The van der Waals surface area contributed by atoms with E-state index in [2.05, 4.69) is 75.5 Å². The molecule has 4 fully saturated rings. The van der Waals surface area contributed by atoms with Crippen molar-refractivity contribution in [3.63, 3.8) is 0 Å². The van der Waals surface area contributed by atoms with E-state index in [1.807, 2.05) is 38.1 Å². The van der Waals surface area contributed by atoms with Gasteiger partial charge in [-0.2, -0.15) is 10.2 Å². The van der Waals surface area contributed by atoms with E-state index in [0.29, 0.717) is 47.3 Å². The highest BCUT2D eigenvalue weighted by atomic mass is 35.5. The molecule has 0 amide bonds. The van der Waals surface area contributed by atoms with Gasteiger partial charge >= 0.3 is 0 Å². The molecule has 344 valence electrons. The van der Waals surface area contributed by atoms with Crippen LogP contribution in [0.15, 0.2) is 73.3 Å². The fourth-order valence-corrected chi connectivity index (χ4v) is 12.9. The number of anilines is 2. The van der Waals surface area contributed by atoms with Gasteiger partial charge in [-0.3, -0.25) is 0 Å². The Hall–Kier alpha value is -4.94. The summed E-state index contributed by atoms with van der Waals surface area (Å²) < 4.78 is 4.39. The molecule has 4 aromatic heterocycles. The van der Waals surface area contributed by atoms with Crippen LogP contribution in [0.5, 0.6) is 0 Å². The first-order valence-corrected chi connectivity index (χ1v) is 25.5. The van der Waals surface area contributed by atoms with Gasteiger partial charge in [-0.05, 0) is 136 Å². The van der Waals surface area contributed by atoms with Gasteiger partial charge in [0.05, 0.1) is 0 Å². The highest BCUT2D eigenvalue weighted by Crippen LogP contribution is 2.46. The van der Waals surface area contributed by atoms with Crippen LogP contribution in [0, 0.1) is 49.4 Å². The van der Waals surface area contributed by atoms with Gasteiger partial charge in [-0.15, -0.1) is 0 Å². The Kier molecular flexibility index (Phi) is 12.5. The first kappa shape index (κ1) is 43.6. The van der Waals surface area contributed by atoms with Crippen LogP contribution in [-0.4, -0.2) is 75.6 Å². The number of hydrogen-bond donors (Lipinski definition) is 0. The van der Waals surface area contributed by atoms with E-state index < -0.39 is 0 Å². The highest BCUT2D eigenvalue weighted by Gasteiger charge is 2.44. The number of rotatable bonds is 8. The van der Waals surface area contributed by atoms with E-state index in [1.165, 1.54) is 62.5 Å². The number of benzene rings is 2. The molecule has 2 saturated heterocycles. The molecule has 14 heteroatoms. The summed E-state index contributed by atoms with van der Waals surface area (Å²) in [7, 11) is 0. The van der Waals surface area contributed by atoms with Crippen LogP contribution < -0.4 is 9.80 Å². The maximum Gasteiger partial charge on any atom is 0.151 e. The van der Waals surface area contributed by atoms with E-state index in [0.717, 1.165) is 121 Å². The normalized spacial score (nSPS) is 26.8. The molecule has 4 aliphatic heterocycles. The highest BCUT2D eigenvalue weighted by molar-refractivity contribution is 6.30. The lowest BCUT2D eigenvalue weighted by atomic mass is 9.82. The minimum Gasteiger partial charge on any atom is -0.356 e. The maximum atomic E-state index is 6.14. The number of fused-ring (bicyclic) bond motifs is 6. The van der Waals surface area contributed by atoms with E-state index in [9.17, 15) is 0 Å². The summed E-state index contributed by atoms with van der Waals surface area (Å²) in [5, 5.41) is 11.6. The van der Waals surface area contributed by atoms with Crippen LogP contribution in [0.25, 0.3) is 0 Å².